The molecule has 3 rings (SSSR count). The number of hydrogen-bond acceptors (Lipinski definition) is 3. The summed E-state index contributed by atoms with van der Waals surface area (Å²) < 4.78 is 5.30. The minimum absolute atomic E-state index is 0. The molecule has 1 aromatic rings. The molecule has 2 aliphatic rings. The molecular formula is C16H25ClN2O. The van der Waals surface area contributed by atoms with Crippen molar-refractivity contribution in [1.82, 2.24) is 10.2 Å². The highest BCUT2D eigenvalue weighted by atomic mass is 35.5. The predicted octanol–water partition coefficient (Wildman–Crippen LogP) is 2.69. The first kappa shape index (κ1) is 15.6. The Bertz CT molecular complexity index is 432. The fourth-order valence-corrected chi connectivity index (χ4v) is 3.56. The van der Waals surface area contributed by atoms with Gasteiger partial charge in [0, 0.05) is 13.1 Å². The Morgan fingerprint density at radius 2 is 2.05 bits per heavy atom. The van der Waals surface area contributed by atoms with Gasteiger partial charge in [-0.25, -0.2) is 0 Å². The Balaban J connectivity index is 0.00000147. The van der Waals surface area contributed by atoms with Gasteiger partial charge in [-0.1, -0.05) is 12.1 Å². The number of likely N-dealkylation sites (tertiary alicyclic amines) is 1. The third-order valence-corrected chi connectivity index (χ3v) is 4.72. The van der Waals surface area contributed by atoms with Crippen LogP contribution in [-0.2, 0) is 6.54 Å². The average Bonchev–Trinajstić information content (AvgIpc) is 2.82. The minimum atomic E-state index is 0. The first-order chi connectivity index (χ1) is 9.30. The number of ether oxygens (including phenoxy) is 1. The highest BCUT2D eigenvalue weighted by Gasteiger charge is 2.38. The van der Waals surface area contributed by atoms with Gasteiger partial charge in [-0.15, -0.1) is 12.4 Å². The van der Waals surface area contributed by atoms with Crippen LogP contribution in [0.25, 0.3) is 0 Å². The van der Waals surface area contributed by atoms with Crippen molar-refractivity contribution in [3.05, 3.63) is 29.8 Å². The number of benzene rings is 1. The predicted molar refractivity (Wildman–Crippen MR) is 84.7 cm³/mol. The largest absolute Gasteiger partial charge is 0.497 e. The molecule has 2 saturated heterocycles. The third kappa shape index (κ3) is 3.46. The zero-order chi connectivity index (χ0) is 13.1. The van der Waals surface area contributed by atoms with Gasteiger partial charge in [0.2, 0.25) is 0 Å². The zero-order valence-electron chi connectivity index (χ0n) is 12.2. The van der Waals surface area contributed by atoms with E-state index in [1.54, 1.807) is 7.11 Å². The molecule has 2 aliphatic heterocycles. The molecule has 0 atom stereocenters. The van der Waals surface area contributed by atoms with E-state index in [-0.39, 0.29) is 12.4 Å². The normalized spacial score (nSPS) is 21.6. The van der Waals surface area contributed by atoms with Crippen LogP contribution in [0.4, 0.5) is 0 Å². The maximum absolute atomic E-state index is 5.30. The van der Waals surface area contributed by atoms with Gasteiger partial charge >= 0.3 is 0 Å². The fraction of sp³-hybridized carbons (Fsp3) is 0.625. The molecule has 0 amide bonds. The lowest BCUT2D eigenvalue weighted by Gasteiger charge is -2.33. The van der Waals surface area contributed by atoms with Crippen molar-refractivity contribution in [2.24, 2.45) is 5.41 Å². The number of nitrogens with zero attached hydrogens (tertiary/aromatic N) is 1. The van der Waals surface area contributed by atoms with Crippen LogP contribution in [0, 0.1) is 5.41 Å². The lowest BCUT2D eigenvalue weighted by atomic mass is 9.78. The van der Waals surface area contributed by atoms with E-state index in [1.165, 1.54) is 51.0 Å². The zero-order valence-corrected chi connectivity index (χ0v) is 13.0. The SMILES string of the molecule is COc1cccc(CN2CCC3(CCNCC3)C2)c1.Cl. The van der Waals surface area contributed by atoms with E-state index in [1.807, 2.05) is 6.07 Å². The van der Waals surface area contributed by atoms with Crippen molar-refractivity contribution in [2.75, 3.05) is 33.3 Å². The minimum Gasteiger partial charge on any atom is -0.497 e. The van der Waals surface area contributed by atoms with Crippen LogP contribution in [0.5, 0.6) is 5.75 Å². The molecule has 4 heteroatoms. The summed E-state index contributed by atoms with van der Waals surface area (Å²) in [6, 6.07) is 8.47. The van der Waals surface area contributed by atoms with Crippen LogP contribution in [0.1, 0.15) is 24.8 Å². The Morgan fingerprint density at radius 1 is 1.25 bits per heavy atom. The van der Waals surface area contributed by atoms with Gasteiger partial charge in [0.15, 0.2) is 0 Å². The number of nitrogens with one attached hydrogen (secondary N) is 1. The van der Waals surface area contributed by atoms with Crippen LogP contribution in [0.3, 0.4) is 0 Å². The first-order valence-electron chi connectivity index (χ1n) is 7.36. The van der Waals surface area contributed by atoms with Crippen LogP contribution in [-0.4, -0.2) is 38.2 Å². The molecule has 1 N–H and O–H groups in total. The van der Waals surface area contributed by atoms with Crippen LogP contribution in [0.15, 0.2) is 24.3 Å². The van der Waals surface area contributed by atoms with Crippen molar-refractivity contribution in [3.63, 3.8) is 0 Å². The second-order valence-electron chi connectivity index (χ2n) is 6.06. The lowest BCUT2D eigenvalue weighted by molar-refractivity contribution is 0.194. The summed E-state index contributed by atoms with van der Waals surface area (Å²) in [6.45, 7) is 5.98. The van der Waals surface area contributed by atoms with Gasteiger partial charge in [0.05, 0.1) is 7.11 Å². The van der Waals surface area contributed by atoms with Crippen molar-refractivity contribution in [1.29, 1.82) is 0 Å². The van der Waals surface area contributed by atoms with Crippen LogP contribution < -0.4 is 10.1 Å². The summed E-state index contributed by atoms with van der Waals surface area (Å²) in [5.74, 6) is 0.966. The second kappa shape index (κ2) is 6.79. The molecular weight excluding hydrogens is 272 g/mol. The van der Waals surface area contributed by atoms with E-state index in [9.17, 15) is 0 Å². The van der Waals surface area contributed by atoms with Gasteiger partial charge in [-0.2, -0.15) is 0 Å². The maximum Gasteiger partial charge on any atom is 0.119 e. The molecule has 3 nitrogen and oxygen atoms in total. The van der Waals surface area contributed by atoms with Gasteiger partial charge in [0.1, 0.15) is 5.75 Å². The highest BCUT2D eigenvalue weighted by Crippen LogP contribution is 2.39. The van der Waals surface area contributed by atoms with Crippen molar-refractivity contribution in [3.8, 4) is 5.75 Å². The average molecular weight is 297 g/mol. The van der Waals surface area contributed by atoms with E-state index in [2.05, 4.69) is 28.4 Å². The molecule has 0 radical (unpaired) electrons. The summed E-state index contributed by atoms with van der Waals surface area (Å²) in [4.78, 5) is 2.61. The van der Waals surface area contributed by atoms with Gasteiger partial charge in [-0.3, -0.25) is 4.90 Å². The molecule has 2 heterocycles. The molecule has 0 bridgehead atoms. The summed E-state index contributed by atoms with van der Waals surface area (Å²) >= 11 is 0. The number of halogens is 1. The van der Waals surface area contributed by atoms with Crippen LogP contribution in [0.2, 0.25) is 0 Å². The molecule has 20 heavy (non-hydrogen) atoms. The molecule has 112 valence electrons. The topological polar surface area (TPSA) is 24.5 Å². The molecule has 0 aromatic heterocycles. The summed E-state index contributed by atoms with van der Waals surface area (Å²) in [5, 5.41) is 3.48. The quantitative estimate of drug-likeness (QED) is 0.928. The van der Waals surface area contributed by atoms with Crippen LogP contribution >= 0.6 is 12.4 Å². The highest BCUT2D eigenvalue weighted by molar-refractivity contribution is 5.85. The smallest absolute Gasteiger partial charge is 0.119 e. The third-order valence-electron chi connectivity index (χ3n) is 4.72. The number of piperidine rings is 1. The van der Waals surface area contributed by atoms with E-state index in [0.717, 1.165) is 12.3 Å². The fourth-order valence-electron chi connectivity index (χ4n) is 3.56. The molecule has 1 spiro atoms. The van der Waals surface area contributed by atoms with E-state index < -0.39 is 0 Å². The monoisotopic (exact) mass is 296 g/mol. The summed E-state index contributed by atoms with van der Waals surface area (Å²) in [5.41, 5.74) is 1.97. The first-order valence-corrected chi connectivity index (χ1v) is 7.36. The number of methoxy groups -OCH3 is 1. The van der Waals surface area contributed by atoms with Gasteiger partial charge < -0.3 is 10.1 Å². The maximum atomic E-state index is 5.30. The molecule has 2 fully saturated rings. The number of hydrogen-bond donors (Lipinski definition) is 1. The second-order valence-corrected chi connectivity index (χ2v) is 6.06. The Hall–Kier alpha value is -0.770. The van der Waals surface area contributed by atoms with E-state index in [4.69, 9.17) is 4.74 Å². The Labute approximate surface area is 128 Å². The number of rotatable bonds is 3. The molecule has 0 saturated carbocycles. The van der Waals surface area contributed by atoms with Gasteiger partial charge in [-0.05, 0) is 62.0 Å². The molecule has 1 aromatic carbocycles. The molecule has 0 unspecified atom stereocenters. The van der Waals surface area contributed by atoms with E-state index >= 15 is 0 Å². The van der Waals surface area contributed by atoms with E-state index in [0.29, 0.717) is 5.41 Å². The lowest BCUT2D eigenvalue weighted by Crippen LogP contribution is -2.38. The summed E-state index contributed by atoms with van der Waals surface area (Å²) in [7, 11) is 1.74. The standard InChI is InChI=1S/C16H24N2O.ClH/c1-19-15-4-2-3-14(11-15)12-18-10-7-16(13-18)5-8-17-9-6-16;/h2-4,11,17H,5-10,12-13H2,1H3;1H. The summed E-state index contributed by atoms with van der Waals surface area (Å²) in [6.07, 6.45) is 4.07. The van der Waals surface area contributed by atoms with Crippen molar-refractivity contribution < 1.29 is 4.74 Å². The molecule has 0 aliphatic carbocycles. The van der Waals surface area contributed by atoms with Gasteiger partial charge in [0.25, 0.3) is 0 Å². The Kier molecular flexibility index (Phi) is 5.30. The van der Waals surface area contributed by atoms with Crippen molar-refractivity contribution >= 4 is 12.4 Å². The Morgan fingerprint density at radius 3 is 2.80 bits per heavy atom. The van der Waals surface area contributed by atoms with Crippen molar-refractivity contribution in [2.45, 2.75) is 25.8 Å².